The number of nitrogen functional groups attached to an aromatic ring is 1. The van der Waals surface area contributed by atoms with Crippen LogP contribution in [0.1, 0.15) is 38.5 Å². The molecule has 0 spiro atoms. The quantitative estimate of drug-likeness (QED) is 0.750. The Kier molecular flexibility index (Phi) is 4.45. The zero-order valence-electron chi connectivity index (χ0n) is 10.5. The molecule has 1 aromatic rings. The molecule has 0 radical (unpaired) electrons. The van der Waals surface area contributed by atoms with E-state index in [2.05, 4.69) is 26.2 Å². The SMILES string of the molecule is Nc1cc(Br)cnc1NCC1(O)CCCCCC1. The van der Waals surface area contributed by atoms with E-state index in [0.717, 1.165) is 30.2 Å². The number of aromatic nitrogens is 1. The van der Waals surface area contributed by atoms with E-state index in [-0.39, 0.29) is 0 Å². The third-order valence-corrected chi connectivity index (χ3v) is 3.94. The first kappa shape index (κ1) is 13.6. The molecule has 1 aliphatic rings. The second kappa shape index (κ2) is 5.89. The molecule has 4 nitrogen and oxygen atoms in total. The van der Waals surface area contributed by atoms with Crippen molar-refractivity contribution >= 4 is 27.4 Å². The van der Waals surface area contributed by atoms with Crippen LogP contribution in [-0.4, -0.2) is 22.2 Å². The van der Waals surface area contributed by atoms with E-state index in [1.807, 2.05) is 6.07 Å². The number of rotatable bonds is 3. The molecule has 0 atom stereocenters. The Labute approximate surface area is 116 Å². The Balaban J connectivity index is 1.97. The van der Waals surface area contributed by atoms with Gasteiger partial charge in [-0.3, -0.25) is 0 Å². The zero-order chi connectivity index (χ0) is 13.0. The number of nitrogens with zero attached hydrogens (tertiary/aromatic N) is 1. The second-order valence-corrected chi connectivity index (χ2v) is 6.00. The Morgan fingerprint density at radius 1 is 1.33 bits per heavy atom. The highest BCUT2D eigenvalue weighted by Gasteiger charge is 2.27. The highest BCUT2D eigenvalue weighted by atomic mass is 79.9. The lowest BCUT2D eigenvalue weighted by molar-refractivity contribution is 0.0381. The van der Waals surface area contributed by atoms with Crippen molar-refractivity contribution in [1.82, 2.24) is 4.98 Å². The molecule has 4 N–H and O–H groups in total. The minimum atomic E-state index is -0.613. The summed E-state index contributed by atoms with van der Waals surface area (Å²) in [7, 11) is 0. The van der Waals surface area contributed by atoms with Crippen LogP contribution >= 0.6 is 15.9 Å². The summed E-state index contributed by atoms with van der Waals surface area (Å²) in [5, 5.41) is 13.7. The standard InChI is InChI=1S/C13H20BrN3O/c14-10-7-11(15)12(16-8-10)17-9-13(18)5-3-1-2-4-6-13/h7-8,18H,1-6,9,15H2,(H,16,17). The highest BCUT2D eigenvalue weighted by Crippen LogP contribution is 2.28. The van der Waals surface area contributed by atoms with Gasteiger partial charge in [-0.1, -0.05) is 25.7 Å². The van der Waals surface area contributed by atoms with Crippen molar-refractivity contribution in [2.45, 2.75) is 44.1 Å². The number of anilines is 2. The topological polar surface area (TPSA) is 71.2 Å². The van der Waals surface area contributed by atoms with Crippen molar-refractivity contribution in [2.75, 3.05) is 17.6 Å². The van der Waals surface area contributed by atoms with Crippen molar-refractivity contribution in [2.24, 2.45) is 0 Å². The van der Waals surface area contributed by atoms with Crippen LogP contribution in [0.5, 0.6) is 0 Å². The van der Waals surface area contributed by atoms with Gasteiger partial charge in [-0.05, 0) is 34.8 Å². The molecule has 18 heavy (non-hydrogen) atoms. The summed E-state index contributed by atoms with van der Waals surface area (Å²) in [5.74, 6) is 0.649. The molecule has 0 saturated heterocycles. The highest BCUT2D eigenvalue weighted by molar-refractivity contribution is 9.10. The summed E-state index contributed by atoms with van der Waals surface area (Å²) in [6.07, 6.45) is 8.06. The number of nitrogens with one attached hydrogen (secondary N) is 1. The Morgan fingerprint density at radius 3 is 2.61 bits per heavy atom. The van der Waals surface area contributed by atoms with Gasteiger partial charge in [0.1, 0.15) is 5.82 Å². The fourth-order valence-corrected chi connectivity index (χ4v) is 2.76. The van der Waals surface area contributed by atoms with E-state index in [1.165, 1.54) is 12.8 Å². The molecule has 1 aliphatic carbocycles. The third-order valence-electron chi connectivity index (χ3n) is 3.50. The van der Waals surface area contributed by atoms with Gasteiger partial charge in [-0.15, -0.1) is 0 Å². The van der Waals surface area contributed by atoms with Gasteiger partial charge in [-0.2, -0.15) is 0 Å². The number of hydrogen-bond acceptors (Lipinski definition) is 4. The van der Waals surface area contributed by atoms with Crippen molar-refractivity contribution < 1.29 is 5.11 Å². The maximum atomic E-state index is 10.5. The molecular formula is C13H20BrN3O. The summed E-state index contributed by atoms with van der Waals surface area (Å²) >= 11 is 3.33. The fourth-order valence-electron chi connectivity index (χ4n) is 2.41. The minimum absolute atomic E-state index is 0.520. The molecule has 0 unspecified atom stereocenters. The van der Waals surface area contributed by atoms with Gasteiger partial charge in [0.15, 0.2) is 0 Å². The van der Waals surface area contributed by atoms with E-state index in [0.29, 0.717) is 18.1 Å². The molecule has 5 heteroatoms. The third kappa shape index (κ3) is 3.59. The lowest BCUT2D eigenvalue weighted by atomic mass is 9.94. The zero-order valence-corrected chi connectivity index (χ0v) is 12.0. The number of halogens is 1. The van der Waals surface area contributed by atoms with Crippen LogP contribution < -0.4 is 11.1 Å². The van der Waals surface area contributed by atoms with Gasteiger partial charge in [0.05, 0.1) is 11.3 Å². The summed E-state index contributed by atoms with van der Waals surface area (Å²) in [5.41, 5.74) is 5.86. The first-order valence-electron chi connectivity index (χ1n) is 6.46. The largest absolute Gasteiger partial charge is 0.396 e. The van der Waals surface area contributed by atoms with Gasteiger partial charge in [0.2, 0.25) is 0 Å². The van der Waals surface area contributed by atoms with E-state index in [1.54, 1.807) is 6.20 Å². The van der Waals surface area contributed by atoms with Crippen molar-refractivity contribution in [3.8, 4) is 0 Å². The van der Waals surface area contributed by atoms with Crippen LogP contribution in [0.15, 0.2) is 16.7 Å². The number of pyridine rings is 1. The van der Waals surface area contributed by atoms with Gasteiger partial charge in [0.25, 0.3) is 0 Å². The van der Waals surface area contributed by atoms with Crippen LogP contribution in [0.2, 0.25) is 0 Å². The molecule has 1 fully saturated rings. The predicted molar refractivity (Wildman–Crippen MR) is 77.5 cm³/mol. The smallest absolute Gasteiger partial charge is 0.149 e. The monoisotopic (exact) mass is 313 g/mol. The molecule has 100 valence electrons. The lowest BCUT2D eigenvalue weighted by Crippen LogP contribution is -2.36. The summed E-state index contributed by atoms with van der Waals surface area (Å²) in [6, 6.07) is 1.81. The molecule has 0 aromatic carbocycles. The first-order chi connectivity index (χ1) is 8.59. The second-order valence-electron chi connectivity index (χ2n) is 5.08. The van der Waals surface area contributed by atoms with Gasteiger partial charge >= 0.3 is 0 Å². The lowest BCUT2D eigenvalue weighted by Gasteiger charge is -2.27. The van der Waals surface area contributed by atoms with Crippen molar-refractivity contribution in [3.05, 3.63) is 16.7 Å². The molecule has 0 amide bonds. The minimum Gasteiger partial charge on any atom is -0.396 e. The van der Waals surface area contributed by atoms with Crippen LogP contribution in [0, 0.1) is 0 Å². The Morgan fingerprint density at radius 2 is 2.00 bits per heavy atom. The number of hydrogen-bond donors (Lipinski definition) is 3. The molecule has 1 saturated carbocycles. The summed E-state index contributed by atoms with van der Waals surface area (Å²) < 4.78 is 0.860. The molecule has 1 heterocycles. The average Bonchev–Trinajstić information content (AvgIpc) is 2.54. The Bertz CT molecular complexity index is 403. The molecule has 1 aromatic heterocycles. The first-order valence-corrected chi connectivity index (χ1v) is 7.26. The van der Waals surface area contributed by atoms with Crippen molar-refractivity contribution in [3.63, 3.8) is 0 Å². The maximum absolute atomic E-state index is 10.5. The van der Waals surface area contributed by atoms with Crippen LogP contribution in [0.4, 0.5) is 11.5 Å². The number of nitrogens with two attached hydrogens (primary N) is 1. The van der Waals surface area contributed by atoms with E-state index < -0.39 is 5.60 Å². The Hall–Kier alpha value is -0.810. The average molecular weight is 314 g/mol. The molecule has 2 rings (SSSR count). The summed E-state index contributed by atoms with van der Waals surface area (Å²) in [6.45, 7) is 0.520. The van der Waals surface area contributed by atoms with Gasteiger partial charge in [-0.25, -0.2) is 4.98 Å². The molecular weight excluding hydrogens is 294 g/mol. The van der Waals surface area contributed by atoms with E-state index in [4.69, 9.17) is 5.73 Å². The van der Waals surface area contributed by atoms with E-state index >= 15 is 0 Å². The van der Waals surface area contributed by atoms with Crippen LogP contribution in [-0.2, 0) is 0 Å². The fraction of sp³-hybridized carbons (Fsp3) is 0.615. The van der Waals surface area contributed by atoms with Gasteiger partial charge in [0, 0.05) is 17.2 Å². The van der Waals surface area contributed by atoms with Crippen molar-refractivity contribution in [1.29, 1.82) is 0 Å². The van der Waals surface area contributed by atoms with Crippen LogP contribution in [0.25, 0.3) is 0 Å². The predicted octanol–water partition coefficient (Wildman–Crippen LogP) is 2.92. The maximum Gasteiger partial charge on any atom is 0.149 e. The van der Waals surface area contributed by atoms with Crippen LogP contribution in [0.3, 0.4) is 0 Å². The summed E-state index contributed by atoms with van der Waals surface area (Å²) in [4.78, 5) is 4.22. The normalized spacial score (nSPS) is 19.2. The number of aliphatic hydroxyl groups is 1. The molecule has 0 bridgehead atoms. The van der Waals surface area contributed by atoms with E-state index in [9.17, 15) is 5.11 Å². The molecule has 0 aliphatic heterocycles. The van der Waals surface area contributed by atoms with Gasteiger partial charge < -0.3 is 16.2 Å².